The zero-order valence-corrected chi connectivity index (χ0v) is 20.9. The number of ether oxygens (including phenoxy) is 1. The van der Waals surface area contributed by atoms with Gasteiger partial charge >= 0.3 is 0 Å². The van der Waals surface area contributed by atoms with Crippen molar-refractivity contribution in [1.29, 1.82) is 0 Å². The Bertz CT molecular complexity index is 1360. The summed E-state index contributed by atoms with van der Waals surface area (Å²) >= 11 is 2.49. The molecular formula is C24H25N5O3S2. The van der Waals surface area contributed by atoms with Crippen LogP contribution in [-0.4, -0.2) is 32.3 Å². The highest BCUT2D eigenvalue weighted by Crippen LogP contribution is 2.38. The van der Waals surface area contributed by atoms with Gasteiger partial charge in [-0.05, 0) is 24.6 Å². The van der Waals surface area contributed by atoms with E-state index in [0.29, 0.717) is 33.0 Å². The van der Waals surface area contributed by atoms with Gasteiger partial charge in [0.05, 0.1) is 12.3 Å². The summed E-state index contributed by atoms with van der Waals surface area (Å²) in [6, 6.07) is 16.8. The molecule has 176 valence electrons. The van der Waals surface area contributed by atoms with Crippen LogP contribution in [0.3, 0.4) is 0 Å². The van der Waals surface area contributed by atoms with Gasteiger partial charge in [-0.3, -0.25) is 9.59 Å². The third-order valence-electron chi connectivity index (χ3n) is 4.89. The van der Waals surface area contributed by atoms with Crippen molar-refractivity contribution < 1.29 is 9.53 Å². The minimum absolute atomic E-state index is 0.226. The van der Waals surface area contributed by atoms with Crippen LogP contribution < -0.4 is 15.6 Å². The molecule has 1 atom stereocenters. The minimum atomic E-state index is -0.609. The topological polar surface area (TPSA) is 98.5 Å². The lowest BCUT2D eigenvalue weighted by molar-refractivity contribution is -0.115. The smallest absolute Gasteiger partial charge is 0.297 e. The predicted molar refractivity (Wildman–Crippen MR) is 135 cm³/mol. The Hall–Kier alpha value is -3.24. The van der Waals surface area contributed by atoms with Crippen LogP contribution in [-0.2, 0) is 10.2 Å². The standard InChI is InChI=1S/C24H25N5O3S2/c1-5-32-17-14-10-9-13-16(17)25-20(30)18(15-11-7-6-8-12-15)33-23-28-29-21(31)19(24(2,3)4)26-27-22(29)34-23/h6-14,18H,5H2,1-4H3,(H,25,30)/t18-/m1/s1. The number of hydrogen-bond donors (Lipinski definition) is 1. The molecule has 0 bridgehead atoms. The van der Waals surface area contributed by atoms with Crippen LogP contribution in [0.25, 0.3) is 4.96 Å². The molecule has 2 heterocycles. The minimum Gasteiger partial charge on any atom is -0.492 e. The molecule has 0 saturated heterocycles. The number of carbonyl (C=O) groups is 1. The maximum Gasteiger partial charge on any atom is 0.297 e. The van der Waals surface area contributed by atoms with Crippen molar-refractivity contribution in [1.82, 2.24) is 19.8 Å². The molecule has 0 aliphatic carbocycles. The fraction of sp³-hybridized carbons (Fsp3) is 0.292. The average Bonchev–Trinajstić information content (AvgIpc) is 3.23. The van der Waals surface area contributed by atoms with Crippen molar-refractivity contribution in [3.63, 3.8) is 0 Å². The Morgan fingerprint density at radius 3 is 2.53 bits per heavy atom. The van der Waals surface area contributed by atoms with Crippen LogP contribution in [0.4, 0.5) is 5.69 Å². The zero-order valence-electron chi connectivity index (χ0n) is 19.3. The Morgan fingerprint density at radius 2 is 1.82 bits per heavy atom. The van der Waals surface area contributed by atoms with Crippen molar-refractivity contribution in [3.05, 3.63) is 76.2 Å². The number of rotatable bonds is 7. The normalized spacial score (nSPS) is 12.5. The van der Waals surface area contributed by atoms with E-state index < -0.39 is 10.7 Å². The highest BCUT2D eigenvalue weighted by Gasteiger charge is 2.27. The Balaban J connectivity index is 1.68. The Morgan fingerprint density at radius 1 is 1.12 bits per heavy atom. The van der Waals surface area contributed by atoms with Gasteiger partial charge in [0.15, 0.2) is 4.34 Å². The molecule has 0 saturated carbocycles. The Kier molecular flexibility index (Phi) is 6.99. The van der Waals surface area contributed by atoms with Gasteiger partial charge in [0.2, 0.25) is 10.9 Å². The monoisotopic (exact) mass is 495 g/mol. The van der Waals surface area contributed by atoms with Crippen LogP contribution in [0, 0.1) is 0 Å². The SMILES string of the molecule is CCOc1ccccc1NC(=O)[C@H](Sc1nn2c(=O)c(C(C)(C)C)nnc2s1)c1ccccc1. The maximum absolute atomic E-state index is 13.4. The van der Waals surface area contributed by atoms with Crippen LogP contribution >= 0.6 is 23.1 Å². The van der Waals surface area contributed by atoms with E-state index >= 15 is 0 Å². The van der Waals surface area contributed by atoms with Gasteiger partial charge < -0.3 is 10.1 Å². The predicted octanol–water partition coefficient (Wildman–Crippen LogP) is 4.71. The molecule has 34 heavy (non-hydrogen) atoms. The molecule has 4 rings (SSSR count). The number of carbonyl (C=O) groups excluding carboxylic acids is 1. The molecule has 8 nitrogen and oxygen atoms in total. The highest BCUT2D eigenvalue weighted by molar-refractivity contribution is 8.02. The van der Waals surface area contributed by atoms with Gasteiger partial charge in [-0.25, -0.2) is 0 Å². The van der Waals surface area contributed by atoms with Gasteiger partial charge in [0.1, 0.15) is 16.7 Å². The van der Waals surface area contributed by atoms with Crippen molar-refractivity contribution >= 4 is 39.7 Å². The number of amides is 1. The quantitative estimate of drug-likeness (QED) is 0.371. The third kappa shape index (κ3) is 5.13. The van der Waals surface area contributed by atoms with Crippen LogP contribution in [0.2, 0.25) is 0 Å². The first-order chi connectivity index (χ1) is 16.3. The lowest BCUT2D eigenvalue weighted by Crippen LogP contribution is -2.30. The highest BCUT2D eigenvalue weighted by atomic mass is 32.2. The molecule has 1 amide bonds. The number of aromatic nitrogens is 4. The first kappa shape index (κ1) is 23.9. The second-order valence-electron chi connectivity index (χ2n) is 8.49. The fourth-order valence-electron chi connectivity index (χ4n) is 3.27. The van der Waals surface area contributed by atoms with E-state index in [-0.39, 0.29) is 11.5 Å². The number of nitrogens with zero attached hydrogens (tertiary/aromatic N) is 4. The third-order valence-corrected chi connectivity index (χ3v) is 7.12. The molecule has 1 N–H and O–H groups in total. The summed E-state index contributed by atoms with van der Waals surface area (Å²) in [4.78, 5) is 26.7. The number of thioether (sulfide) groups is 1. The number of benzene rings is 2. The summed E-state index contributed by atoms with van der Waals surface area (Å²) in [5.74, 6) is 0.378. The second kappa shape index (κ2) is 9.94. The van der Waals surface area contributed by atoms with E-state index in [0.717, 1.165) is 5.56 Å². The number of anilines is 1. The Labute approximate surface area is 205 Å². The first-order valence-corrected chi connectivity index (χ1v) is 12.5. The summed E-state index contributed by atoms with van der Waals surface area (Å²) in [5, 5.41) is 15.2. The van der Waals surface area contributed by atoms with Gasteiger partial charge in [-0.15, -0.1) is 15.3 Å². The zero-order chi connectivity index (χ0) is 24.3. The summed E-state index contributed by atoms with van der Waals surface area (Å²) in [6.07, 6.45) is 0. The van der Waals surface area contributed by atoms with Crippen molar-refractivity contribution in [2.45, 2.75) is 42.7 Å². The number of fused-ring (bicyclic) bond motifs is 1. The van der Waals surface area contributed by atoms with Crippen molar-refractivity contribution in [3.8, 4) is 5.75 Å². The molecule has 0 spiro atoms. The lowest BCUT2D eigenvalue weighted by atomic mass is 9.93. The molecule has 4 aromatic rings. The summed E-state index contributed by atoms with van der Waals surface area (Å²) in [5.41, 5.74) is 0.996. The average molecular weight is 496 g/mol. The van der Waals surface area contributed by atoms with Gasteiger partial charge in [-0.1, -0.05) is 86.3 Å². The summed E-state index contributed by atoms with van der Waals surface area (Å²) in [7, 11) is 0. The van der Waals surface area contributed by atoms with E-state index in [1.165, 1.54) is 27.6 Å². The van der Waals surface area contributed by atoms with Gasteiger partial charge in [-0.2, -0.15) is 4.52 Å². The molecular weight excluding hydrogens is 470 g/mol. The molecule has 0 aliphatic rings. The second-order valence-corrected chi connectivity index (χ2v) is 10.8. The van der Waals surface area contributed by atoms with Crippen molar-refractivity contribution in [2.24, 2.45) is 0 Å². The number of hydrogen-bond acceptors (Lipinski definition) is 8. The fourth-order valence-corrected chi connectivity index (χ4v) is 5.33. The van der Waals surface area contributed by atoms with Crippen molar-refractivity contribution in [2.75, 3.05) is 11.9 Å². The van der Waals surface area contributed by atoms with Gasteiger partial charge in [0, 0.05) is 5.41 Å². The maximum atomic E-state index is 13.4. The first-order valence-electron chi connectivity index (χ1n) is 10.8. The number of nitrogens with one attached hydrogen (secondary N) is 1. The van der Waals surface area contributed by atoms with E-state index in [2.05, 4.69) is 20.6 Å². The molecule has 0 radical (unpaired) electrons. The van der Waals surface area contributed by atoms with E-state index in [4.69, 9.17) is 4.74 Å². The largest absolute Gasteiger partial charge is 0.492 e. The van der Waals surface area contributed by atoms with Crippen LogP contribution in [0.15, 0.2) is 63.7 Å². The molecule has 0 fully saturated rings. The lowest BCUT2D eigenvalue weighted by Gasteiger charge is -2.17. The van der Waals surface area contributed by atoms with Gasteiger partial charge in [0.25, 0.3) is 5.56 Å². The van der Waals surface area contributed by atoms with Crippen LogP contribution in [0.5, 0.6) is 5.75 Å². The molecule has 0 unspecified atom stereocenters. The van der Waals surface area contributed by atoms with E-state index in [9.17, 15) is 9.59 Å². The molecule has 10 heteroatoms. The van der Waals surface area contributed by atoms with Crippen LogP contribution in [0.1, 0.15) is 44.2 Å². The molecule has 2 aromatic heterocycles. The number of para-hydroxylation sites is 2. The summed E-state index contributed by atoms with van der Waals surface area (Å²) < 4.78 is 7.46. The summed E-state index contributed by atoms with van der Waals surface area (Å²) in [6.45, 7) is 8.10. The van der Waals surface area contributed by atoms with E-state index in [1.54, 1.807) is 6.07 Å². The van der Waals surface area contributed by atoms with E-state index in [1.807, 2.05) is 76.2 Å². The molecule has 2 aromatic carbocycles. The molecule has 0 aliphatic heterocycles.